The van der Waals surface area contributed by atoms with Crippen molar-refractivity contribution in [1.82, 2.24) is 20.1 Å². The molecule has 1 N–H and O–H groups in total. The first-order valence-corrected chi connectivity index (χ1v) is 15.3. The van der Waals surface area contributed by atoms with Gasteiger partial charge in [-0.15, -0.1) is 18.3 Å². The fourth-order valence-corrected chi connectivity index (χ4v) is 6.07. The molecule has 2 heterocycles. The van der Waals surface area contributed by atoms with E-state index in [2.05, 4.69) is 69.0 Å². The molecule has 0 radical (unpaired) electrons. The third-order valence-corrected chi connectivity index (χ3v) is 8.06. The summed E-state index contributed by atoms with van der Waals surface area (Å²) in [6.07, 6.45) is -1.72. The lowest BCUT2D eigenvalue weighted by Gasteiger charge is -2.24. The second kappa shape index (κ2) is 13.5. The standard InChI is InChI=1S/C32H33F3N6O2S/c1-21(2)28-22(3)6-4-8-27(28)40-18-19-44-31(40)38-30(42)36-17-5-7-23-9-11-24(12-10-23)29-37-20-41(39-29)25-13-15-26(16-14-25)43-32(33,34)35/h4,6,8-16,20-21H,5,7,17-19H2,1-3H3,(H,36,42). The van der Waals surface area contributed by atoms with E-state index in [0.717, 1.165) is 47.1 Å². The summed E-state index contributed by atoms with van der Waals surface area (Å²) >= 11 is 1.60. The average molecular weight is 623 g/mol. The van der Waals surface area contributed by atoms with Crippen molar-refractivity contribution in [3.05, 3.63) is 89.7 Å². The molecule has 1 aromatic heterocycles. The second-order valence-electron chi connectivity index (χ2n) is 10.6. The Morgan fingerprint density at radius 2 is 1.84 bits per heavy atom. The van der Waals surface area contributed by atoms with Crippen molar-refractivity contribution in [2.45, 2.75) is 45.9 Å². The Morgan fingerprint density at radius 3 is 2.55 bits per heavy atom. The van der Waals surface area contributed by atoms with Crippen LogP contribution >= 0.6 is 11.8 Å². The number of carbonyl (C=O) groups is 1. The van der Waals surface area contributed by atoms with Crippen LogP contribution in [0.5, 0.6) is 5.75 Å². The molecule has 0 aliphatic carbocycles. The van der Waals surface area contributed by atoms with Crippen LogP contribution in [0.3, 0.4) is 0 Å². The molecule has 8 nitrogen and oxygen atoms in total. The number of rotatable bonds is 9. The molecule has 0 atom stereocenters. The van der Waals surface area contributed by atoms with Gasteiger partial charge in [0.1, 0.15) is 12.1 Å². The molecule has 1 saturated heterocycles. The van der Waals surface area contributed by atoms with Gasteiger partial charge in [0.15, 0.2) is 11.0 Å². The number of aliphatic imine (C=N–C) groups is 1. The van der Waals surface area contributed by atoms with Gasteiger partial charge in [0, 0.05) is 30.1 Å². The summed E-state index contributed by atoms with van der Waals surface area (Å²) in [5.41, 5.74) is 6.11. The molecular weight excluding hydrogens is 589 g/mol. The van der Waals surface area contributed by atoms with Crippen LogP contribution in [0.25, 0.3) is 17.1 Å². The van der Waals surface area contributed by atoms with Crippen LogP contribution in [0.2, 0.25) is 0 Å². The van der Waals surface area contributed by atoms with Crippen LogP contribution in [0.15, 0.2) is 78.0 Å². The lowest BCUT2D eigenvalue weighted by molar-refractivity contribution is -0.274. The average Bonchev–Trinajstić information content (AvgIpc) is 3.65. The minimum absolute atomic E-state index is 0.303. The number of carbonyl (C=O) groups excluding carboxylic acids is 1. The third kappa shape index (κ3) is 7.79. The number of anilines is 1. The van der Waals surface area contributed by atoms with Crippen LogP contribution in [-0.2, 0) is 6.42 Å². The Labute approximate surface area is 258 Å². The quantitative estimate of drug-likeness (QED) is 0.195. The predicted molar refractivity (Wildman–Crippen MR) is 168 cm³/mol. The summed E-state index contributed by atoms with van der Waals surface area (Å²) in [5, 5.41) is 8.09. The molecule has 1 aliphatic heterocycles. The van der Waals surface area contributed by atoms with Gasteiger partial charge in [-0.25, -0.2) is 14.5 Å². The van der Waals surface area contributed by atoms with E-state index in [4.69, 9.17) is 0 Å². The molecule has 1 fully saturated rings. The van der Waals surface area contributed by atoms with E-state index in [1.807, 2.05) is 24.3 Å². The first kappa shape index (κ1) is 31.1. The van der Waals surface area contributed by atoms with E-state index in [0.29, 0.717) is 24.0 Å². The number of amidine groups is 1. The number of hydrogen-bond donors (Lipinski definition) is 1. The number of halogens is 3. The summed E-state index contributed by atoms with van der Waals surface area (Å²) in [6, 6.07) is 19.2. The maximum atomic E-state index is 12.6. The molecule has 230 valence electrons. The van der Waals surface area contributed by atoms with Gasteiger partial charge in [-0.3, -0.25) is 0 Å². The molecule has 0 spiro atoms. The molecule has 44 heavy (non-hydrogen) atoms. The van der Waals surface area contributed by atoms with Crippen molar-refractivity contribution in [1.29, 1.82) is 0 Å². The summed E-state index contributed by atoms with van der Waals surface area (Å²) < 4.78 is 42.6. The maximum Gasteiger partial charge on any atom is 0.573 e. The number of ether oxygens (including phenoxy) is 1. The third-order valence-electron chi connectivity index (χ3n) is 7.10. The first-order chi connectivity index (χ1) is 21.1. The Morgan fingerprint density at radius 1 is 1.09 bits per heavy atom. The number of amides is 2. The highest BCUT2D eigenvalue weighted by molar-refractivity contribution is 8.14. The fraction of sp³-hybridized carbons (Fsp3) is 0.312. The van der Waals surface area contributed by atoms with Gasteiger partial charge in [0.25, 0.3) is 0 Å². The molecule has 0 saturated carbocycles. The lowest BCUT2D eigenvalue weighted by atomic mass is 9.95. The number of thioether (sulfide) groups is 1. The number of hydrogen-bond acceptors (Lipinski definition) is 5. The summed E-state index contributed by atoms with van der Waals surface area (Å²) in [5.74, 6) is 1.44. The lowest BCUT2D eigenvalue weighted by Crippen LogP contribution is -2.29. The van der Waals surface area contributed by atoms with Crippen LogP contribution < -0.4 is 15.0 Å². The highest BCUT2D eigenvalue weighted by atomic mass is 32.2. The highest BCUT2D eigenvalue weighted by Crippen LogP contribution is 2.34. The molecule has 5 rings (SSSR count). The normalized spacial score (nSPS) is 14.4. The van der Waals surface area contributed by atoms with E-state index in [1.165, 1.54) is 46.4 Å². The van der Waals surface area contributed by atoms with Gasteiger partial charge >= 0.3 is 12.4 Å². The number of aryl methyl sites for hydroxylation is 2. The largest absolute Gasteiger partial charge is 0.573 e. The van der Waals surface area contributed by atoms with Crippen LogP contribution in [0, 0.1) is 6.92 Å². The Kier molecular flexibility index (Phi) is 9.58. The maximum absolute atomic E-state index is 12.6. The Balaban J connectivity index is 1.12. The van der Waals surface area contributed by atoms with Gasteiger partial charge in [-0.1, -0.05) is 62.0 Å². The van der Waals surface area contributed by atoms with Crippen molar-refractivity contribution in [3.63, 3.8) is 0 Å². The zero-order valence-electron chi connectivity index (χ0n) is 24.6. The van der Waals surface area contributed by atoms with Gasteiger partial charge in [0.05, 0.1) is 5.69 Å². The van der Waals surface area contributed by atoms with Crippen molar-refractivity contribution < 1.29 is 22.7 Å². The van der Waals surface area contributed by atoms with Crippen molar-refractivity contribution >= 4 is 28.6 Å². The topological polar surface area (TPSA) is 84.6 Å². The minimum Gasteiger partial charge on any atom is -0.406 e. The fourth-order valence-electron chi connectivity index (χ4n) is 5.12. The van der Waals surface area contributed by atoms with E-state index in [9.17, 15) is 18.0 Å². The molecule has 1 aliphatic rings. The van der Waals surface area contributed by atoms with Crippen LogP contribution in [0.1, 0.15) is 42.9 Å². The Hall–Kier alpha value is -4.32. The first-order valence-electron chi connectivity index (χ1n) is 14.3. The molecule has 12 heteroatoms. The molecule has 3 aromatic carbocycles. The SMILES string of the molecule is Cc1cccc(N2CCSC2=NC(=O)NCCCc2ccc(-c3ncn(-c4ccc(OC(F)(F)F)cc4)n3)cc2)c1C(C)C. The van der Waals surface area contributed by atoms with E-state index in [1.54, 1.807) is 11.8 Å². The predicted octanol–water partition coefficient (Wildman–Crippen LogP) is 7.52. The number of alkyl halides is 3. The van der Waals surface area contributed by atoms with Gasteiger partial charge in [-0.2, -0.15) is 4.99 Å². The smallest absolute Gasteiger partial charge is 0.406 e. The van der Waals surface area contributed by atoms with Crippen molar-refractivity contribution in [3.8, 4) is 22.8 Å². The zero-order valence-corrected chi connectivity index (χ0v) is 25.5. The Bertz CT molecular complexity index is 1620. The van der Waals surface area contributed by atoms with Gasteiger partial charge in [0.2, 0.25) is 0 Å². The monoisotopic (exact) mass is 622 g/mol. The molecular formula is C32H33F3N6O2S. The molecule has 2 amide bonds. The summed E-state index contributed by atoms with van der Waals surface area (Å²) in [6.45, 7) is 7.81. The molecule has 0 unspecified atom stereocenters. The molecule has 4 aromatic rings. The highest BCUT2D eigenvalue weighted by Gasteiger charge is 2.31. The summed E-state index contributed by atoms with van der Waals surface area (Å²) in [7, 11) is 0. The zero-order chi connectivity index (χ0) is 31.3. The number of nitrogens with zero attached hydrogens (tertiary/aromatic N) is 5. The minimum atomic E-state index is -4.74. The van der Waals surface area contributed by atoms with Crippen LogP contribution in [0.4, 0.5) is 23.7 Å². The van der Waals surface area contributed by atoms with E-state index >= 15 is 0 Å². The molecule has 0 bridgehead atoms. The van der Waals surface area contributed by atoms with Gasteiger partial charge < -0.3 is 15.0 Å². The van der Waals surface area contributed by atoms with Crippen molar-refractivity contribution in [2.75, 3.05) is 23.7 Å². The number of aromatic nitrogens is 3. The second-order valence-corrected chi connectivity index (χ2v) is 11.7. The van der Waals surface area contributed by atoms with Crippen LogP contribution in [-0.4, -0.2) is 51.2 Å². The van der Waals surface area contributed by atoms with Crippen molar-refractivity contribution in [2.24, 2.45) is 4.99 Å². The number of urea groups is 1. The van der Waals surface area contributed by atoms with E-state index < -0.39 is 6.36 Å². The van der Waals surface area contributed by atoms with Gasteiger partial charge in [-0.05, 0) is 72.7 Å². The number of nitrogens with one attached hydrogen (secondary N) is 1. The number of benzene rings is 3. The summed E-state index contributed by atoms with van der Waals surface area (Å²) in [4.78, 5) is 23.5. The van der Waals surface area contributed by atoms with E-state index in [-0.39, 0.29) is 11.8 Å².